The van der Waals surface area contributed by atoms with E-state index in [4.69, 9.17) is 80.3 Å². The molecule has 0 saturated heterocycles. The van der Waals surface area contributed by atoms with Crippen LogP contribution in [0, 0.1) is 0 Å². The van der Waals surface area contributed by atoms with E-state index in [9.17, 15) is 0 Å². The van der Waals surface area contributed by atoms with Gasteiger partial charge in [0.15, 0.2) is 17.5 Å². The summed E-state index contributed by atoms with van der Waals surface area (Å²) in [5.74, 6) is -0.0667. The molecule has 0 atom stereocenters. The molecule has 0 bridgehead atoms. The summed E-state index contributed by atoms with van der Waals surface area (Å²) in [5, 5.41) is 0. The monoisotopic (exact) mass is 455 g/mol. The highest BCUT2D eigenvalue weighted by atomic mass is 35.7. The van der Waals surface area contributed by atoms with Gasteiger partial charge in [-0.3, -0.25) is 0 Å². The van der Waals surface area contributed by atoms with Crippen LogP contribution in [0.3, 0.4) is 0 Å². The first-order chi connectivity index (χ1) is 10.1. The van der Waals surface area contributed by atoms with Gasteiger partial charge in [0.25, 0.3) is 0 Å². The Morgan fingerprint density at radius 1 is 0.727 bits per heavy atom. The molecule has 0 radical (unpaired) electrons. The Morgan fingerprint density at radius 2 is 1.18 bits per heavy atom. The minimum absolute atomic E-state index is 0.139. The molecule has 0 spiro atoms. The van der Waals surface area contributed by atoms with Gasteiger partial charge in [0.2, 0.25) is 7.59 Å². The van der Waals surface area contributed by atoms with Crippen molar-refractivity contribution in [1.29, 1.82) is 0 Å². The first kappa shape index (κ1) is 18.9. The van der Waals surface area contributed by atoms with Crippen molar-refractivity contribution >= 4 is 91.3 Å². The molecule has 11 heteroatoms. The molecule has 0 fully saturated rings. The summed E-state index contributed by atoms with van der Waals surface area (Å²) < 4.78 is -3.76. The molecule has 2 rings (SSSR count). The molecule has 2 aromatic rings. The van der Waals surface area contributed by atoms with Crippen molar-refractivity contribution in [3.63, 3.8) is 0 Å². The maximum Gasteiger partial charge on any atom is 0.250 e. The summed E-state index contributed by atoms with van der Waals surface area (Å²) in [6.45, 7) is 0. The fraction of sp³-hybridized carbons (Fsp3) is 0.182. The predicted molar refractivity (Wildman–Crippen MR) is 95.4 cm³/mol. The summed E-state index contributed by atoms with van der Waals surface area (Å²) in [6, 6.07) is 7.04. The van der Waals surface area contributed by atoms with Gasteiger partial charge in [-0.2, -0.15) is 0 Å². The van der Waals surface area contributed by atoms with E-state index < -0.39 is 7.59 Å². The fourth-order valence-electron chi connectivity index (χ4n) is 1.41. The van der Waals surface area contributed by atoms with Gasteiger partial charge in [-0.1, -0.05) is 81.7 Å². The normalized spacial score (nSPS) is 12.5. The molecule has 0 aliphatic rings. The number of halogens is 7. The molecule has 3 nitrogen and oxygen atoms in total. The Hall–Kier alpha value is 0.610. The first-order valence-corrected chi connectivity index (χ1v) is 9.32. The quantitative estimate of drug-likeness (QED) is 0.486. The van der Waals surface area contributed by atoms with Crippen molar-refractivity contribution in [2.45, 2.75) is 12.5 Å². The van der Waals surface area contributed by atoms with Gasteiger partial charge in [0.1, 0.15) is 0 Å². The van der Waals surface area contributed by atoms with E-state index in [1.165, 1.54) is 0 Å². The molecule has 22 heavy (non-hydrogen) atoms. The van der Waals surface area contributed by atoms with Crippen LogP contribution in [0.25, 0.3) is 11.4 Å². The number of aromatic nitrogens is 3. The highest BCUT2D eigenvalue weighted by Gasteiger charge is 2.33. The molecular formula is C11H4Cl7N3S. The van der Waals surface area contributed by atoms with Crippen molar-refractivity contribution in [1.82, 2.24) is 15.0 Å². The summed E-state index contributed by atoms with van der Waals surface area (Å²) in [5.41, 5.74) is 0.628. The topological polar surface area (TPSA) is 38.7 Å². The lowest BCUT2D eigenvalue weighted by Gasteiger charge is -2.15. The zero-order valence-electron chi connectivity index (χ0n) is 10.2. The van der Waals surface area contributed by atoms with E-state index in [1.807, 2.05) is 0 Å². The van der Waals surface area contributed by atoms with Gasteiger partial charge < -0.3 is 0 Å². The maximum atomic E-state index is 5.82. The second-order valence-electron chi connectivity index (χ2n) is 3.90. The summed E-state index contributed by atoms with van der Waals surface area (Å²) in [4.78, 5) is 13.0. The van der Waals surface area contributed by atoms with Crippen LogP contribution in [0.5, 0.6) is 0 Å². The number of benzene rings is 1. The molecule has 0 aliphatic carbocycles. The van der Waals surface area contributed by atoms with E-state index in [0.29, 0.717) is 5.56 Å². The molecule has 1 aromatic carbocycles. The van der Waals surface area contributed by atoms with E-state index in [-0.39, 0.29) is 17.5 Å². The average Bonchev–Trinajstić information content (AvgIpc) is 2.45. The molecule has 0 N–H and O–H groups in total. The van der Waals surface area contributed by atoms with Crippen LogP contribution in [-0.2, 0) is 7.59 Å². The number of hydrogen-bond donors (Lipinski definition) is 0. The van der Waals surface area contributed by atoms with Crippen molar-refractivity contribution in [3.05, 3.63) is 35.9 Å². The Balaban J connectivity index is 2.59. The van der Waals surface area contributed by atoms with E-state index in [2.05, 4.69) is 15.0 Å². The lowest BCUT2D eigenvalue weighted by Crippen LogP contribution is -2.16. The largest absolute Gasteiger partial charge is 0.250 e. The van der Waals surface area contributed by atoms with Gasteiger partial charge in [-0.25, -0.2) is 15.0 Å². The highest BCUT2D eigenvalue weighted by molar-refractivity contribution is 8.21. The molecule has 0 amide bonds. The number of hydrogen-bond acceptors (Lipinski definition) is 4. The van der Waals surface area contributed by atoms with Crippen LogP contribution >= 0.6 is 91.3 Å². The molecule has 1 heterocycles. The highest BCUT2D eigenvalue weighted by Crippen LogP contribution is 2.40. The Bertz CT molecular complexity index is 635. The molecular weight excluding hydrogens is 454 g/mol. The minimum atomic E-state index is -1.88. The van der Waals surface area contributed by atoms with Gasteiger partial charge in [-0.05, 0) is 33.8 Å². The Morgan fingerprint density at radius 3 is 1.55 bits per heavy atom. The first-order valence-electron chi connectivity index (χ1n) is 5.41. The average molecular weight is 458 g/mol. The van der Waals surface area contributed by atoms with E-state index in [0.717, 1.165) is 15.9 Å². The second-order valence-corrected chi connectivity index (χ2v) is 9.55. The standard InChI is InChI=1S/C11H4Cl7N3S/c12-10(13,14)8-19-7(20-9(21-8)11(15,16)17)5-1-3-6(22-18)4-2-5/h1-4H. The number of rotatable bonds is 2. The lowest BCUT2D eigenvalue weighted by molar-refractivity contribution is 0.851. The smallest absolute Gasteiger partial charge is 0.209 e. The maximum absolute atomic E-state index is 5.82. The zero-order valence-corrected chi connectivity index (χ0v) is 16.3. The van der Waals surface area contributed by atoms with Crippen molar-refractivity contribution in [2.24, 2.45) is 0 Å². The van der Waals surface area contributed by atoms with Crippen molar-refractivity contribution < 1.29 is 0 Å². The SMILES string of the molecule is ClSc1ccc(-c2nc(C(Cl)(Cl)Cl)nc(C(Cl)(Cl)Cl)n2)cc1. The zero-order chi connectivity index (χ0) is 16.5. The van der Waals surface area contributed by atoms with Gasteiger partial charge >= 0.3 is 0 Å². The van der Waals surface area contributed by atoms with Crippen molar-refractivity contribution in [2.75, 3.05) is 0 Å². The second kappa shape index (κ2) is 7.24. The molecule has 0 saturated carbocycles. The third-order valence-electron chi connectivity index (χ3n) is 2.34. The van der Waals surface area contributed by atoms with Gasteiger partial charge in [-0.15, -0.1) is 0 Å². The molecule has 0 unspecified atom stereocenters. The minimum Gasteiger partial charge on any atom is -0.209 e. The Kier molecular flexibility index (Phi) is 6.23. The van der Waals surface area contributed by atoms with Crippen LogP contribution in [0.4, 0.5) is 0 Å². The third kappa shape index (κ3) is 4.81. The third-order valence-corrected chi connectivity index (χ3v) is 4.34. The van der Waals surface area contributed by atoms with Crippen LogP contribution < -0.4 is 0 Å². The van der Waals surface area contributed by atoms with Crippen LogP contribution in [-0.4, -0.2) is 15.0 Å². The van der Waals surface area contributed by atoms with E-state index in [1.54, 1.807) is 24.3 Å². The predicted octanol–water partition coefficient (Wildman–Crippen LogP) is 6.44. The van der Waals surface area contributed by atoms with Gasteiger partial charge in [0.05, 0.1) is 0 Å². The molecule has 118 valence electrons. The van der Waals surface area contributed by atoms with Crippen LogP contribution in [0.1, 0.15) is 11.6 Å². The number of alkyl halides is 6. The van der Waals surface area contributed by atoms with Gasteiger partial charge in [0, 0.05) is 10.5 Å². The molecule has 0 aliphatic heterocycles. The van der Waals surface area contributed by atoms with E-state index >= 15 is 0 Å². The van der Waals surface area contributed by atoms with Crippen molar-refractivity contribution in [3.8, 4) is 11.4 Å². The number of nitrogens with zero attached hydrogens (tertiary/aromatic N) is 3. The lowest BCUT2D eigenvalue weighted by atomic mass is 10.2. The fourth-order valence-corrected chi connectivity index (χ4v) is 2.47. The Labute approximate surface area is 165 Å². The molecule has 1 aromatic heterocycles. The summed E-state index contributed by atoms with van der Waals surface area (Å²) >= 11 is 34.9. The summed E-state index contributed by atoms with van der Waals surface area (Å²) in [7, 11) is 6.75. The summed E-state index contributed by atoms with van der Waals surface area (Å²) in [6.07, 6.45) is 0. The van der Waals surface area contributed by atoms with Crippen LogP contribution in [0.2, 0.25) is 0 Å². The van der Waals surface area contributed by atoms with Crippen LogP contribution in [0.15, 0.2) is 29.2 Å².